The van der Waals surface area contributed by atoms with Crippen molar-refractivity contribution in [1.82, 2.24) is 0 Å². The number of benzene rings is 1. The summed E-state index contributed by atoms with van der Waals surface area (Å²) >= 11 is 0. The fraction of sp³-hybridized carbons (Fsp3) is 0.571. The fourth-order valence-corrected chi connectivity index (χ4v) is 3.74. The molecule has 6 heteroatoms. The molecule has 1 aromatic rings. The van der Waals surface area contributed by atoms with Crippen LogP contribution in [0.4, 0.5) is 0 Å². The largest absolute Gasteiger partial charge is 0.352 e. The van der Waals surface area contributed by atoms with E-state index in [1.807, 2.05) is 24.3 Å². The van der Waals surface area contributed by atoms with Gasteiger partial charge in [-0.15, -0.1) is 0 Å². The van der Waals surface area contributed by atoms with Crippen LogP contribution in [0, 0.1) is 0 Å². The quantitative estimate of drug-likeness (QED) is 0.514. The van der Waals surface area contributed by atoms with Crippen LogP contribution in [0.3, 0.4) is 0 Å². The predicted octanol–water partition coefficient (Wildman–Crippen LogP) is 3.74. The molecule has 1 aromatic carbocycles. The van der Waals surface area contributed by atoms with Crippen molar-refractivity contribution in [3.63, 3.8) is 0 Å². The molecule has 0 aliphatic carbocycles. The number of ether oxygens (including phenoxy) is 2. The highest BCUT2D eigenvalue weighted by atomic mass is 31.2. The van der Waals surface area contributed by atoms with Gasteiger partial charge in [0.25, 0.3) is 0 Å². The van der Waals surface area contributed by atoms with Gasteiger partial charge in [-0.3, -0.25) is 4.57 Å². The molecule has 0 heterocycles. The van der Waals surface area contributed by atoms with E-state index in [2.05, 4.69) is 0 Å². The van der Waals surface area contributed by atoms with E-state index in [9.17, 15) is 4.57 Å². The Morgan fingerprint density at radius 2 is 1.60 bits per heavy atom. The predicted molar refractivity (Wildman–Crippen MR) is 77.8 cm³/mol. The molecule has 1 rings (SSSR count). The molecule has 0 unspecified atom stereocenters. The first-order chi connectivity index (χ1) is 9.60. The maximum atomic E-state index is 12.6. The topological polar surface area (TPSA) is 54.0 Å². The van der Waals surface area contributed by atoms with Gasteiger partial charge in [0, 0.05) is 19.8 Å². The molecule has 0 spiro atoms. The molecule has 0 N–H and O–H groups in total. The Labute approximate surface area is 120 Å². The summed E-state index contributed by atoms with van der Waals surface area (Å²) in [5, 5.41) is 0. The summed E-state index contributed by atoms with van der Waals surface area (Å²) in [5.41, 5.74) is 1.67. The van der Waals surface area contributed by atoms with Crippen LogP contribution < -0.4 is 0 Å². The van der Waals surface area contributed by atoms with E-state index in [1.165, 1.54) is 0 Å². The first-order valence-corrected chi connectivity index (χ1v) is 8.34. The molecule has 20 heavy (non-hydrogen) atoms. The molecule has 0 radical (unpaired) electrons. The first kappa shape index (κ1) is 17.3. The normalized spacial score (nSPS) is 12.1. The van der Waals surface area contributed by atoms with Crippen molar-refractivity contribution in [2.75, 3.05) is 27.4 Å². The van der Waals surface area contributed by atoms with Crippen molar-refractivity contribution in [2.24, 2.45) is 0 Å². The van der Waals surface area contributed by atoms with Gasteiger partial charge in [-0.1, -0.05) is 24.3 Å². The van der Waals surface area contributed by atoms with Crippen LogP contribution >= 0.6 is 7.60 Å². The highest BCUT2D eigenvalue weighted by Gasteiger charge is 2.26. The van der Waals surface area contributed by atoms with Crippen LogP contribution in [0.5, 0.6) is 0 Å². The van der Waals surface area contributed by atoms with Gasteiger partial charge in [0.05, 0.1) is 19.4 Å². The molecular weight excluding hydrogens is 279 g/mol. The summed E-state index contributed by atoms with van der Waals surface area (Å²) in [6.07, 6.45) is -0.295. The first-order valence-electron chi connectivity index (χ1n) is 6.61. The lowest BCUT2D eigenvalue weighted by atomic mass is 10.1. The van der Waals surface area contributed by atoms with Crippen LogP contribution in [0.2, 0.25) is 0 Å². The minimum Gasteiger partial charge on any atom is -0.352 e. The zero-order valence-corrected chi connectivity index (χ0v) is 13.4. The van der Waals surface area contributed by atoms with Crippen molar-refractivity contribution in [2.45, 2.75) is 26.3 Å². The maximum Gasteiger partial charge on any atom is 0.335 e. The van der Waals surface area contributed by atoms with Crippen LogP contribution in [-0.4, -0.2) is 27.4 Å². The Balaban J connectivity index is 3.04. The summed E-state index contributed by atoms with van der Waals surface area (Å²) in [6.45, 7) is 4.28. The third kappa shape index (κ3) is 4.69. The molecule has 0 atom stereocenters. The van der Waals surface area contributed by atoms with E-state index >= 15 is 0 Å². The van der Waals surface area contributed by atoms with Crippen molar-refractivity contribution in [3.05, 3.63) is 35.4 Å². The Bertz CT molecular complexity index is 435. The molecule has 0 aliphatic rings. The lowest BCUT2D eigenvalue weighted by molar-refractivity contribution is -0.106. The fourth-order valence-electron chi connectivity index (χ4n) is 1.99. The SMILES string of the molecule is CCOP(=O)(Cc1ccccc1C(OC)OC)OCC. The minimum atomic E-state index is -3.14. The minimum absolute atomic E-state index is 0.202. The Kier molecular flexibility index (Phi) is 7.41. The van der Waals surface area contributed by atoms with Crippen LogP contribution in [0.15, 0.2) is 24.3 Å². The van der Waals surface area contributed by atoms with Gasteiger partial charge in [-0.2, -0.15) is 0 Å². The summed E-state index contributed by atoms with van der Waals surface area (Å²) in [6, 6.07) is 7.53. The molecule has 0 saturated heterocycles. The van der Waals surface area contributed by atoms with E-state index in [1.54, 1.807) is 28.1 Å². The Morgan fingerprint density at radius 1 is 1.05 bits per heavy atom. The van der Waals surface area contributed by atoms with Gasteiger partial charge in [0.2, 0.25) is 0 Å². The van der Waals surface area contributed by atoms with E-state index in [0.29, 0.717) is 13.2 Å². The monoisotopic (exact) mass is 302 g/mol. The van der Waals surface area contributed by atoms with Crippen LogP contribution in [0.1, 0.15) is 31.3 Å². The van der Waals surface area contributed by atoms with E-state index < -0.39 is 13.9 Å². The van der Waals surface area contributed by atoms with Crippen LogP contribution in [0.25, 0.3) is 0 Å². The zero-order chi connectivity index (χ0) is 15.0. The zero-order valence-electron chi connectivity index (χ0n) is 12.5. The standard InChI is InChI=1S/C14H23O5P/c1-5-18-20(15,19-6-2)11-12-9-7-8-10-13(12)14(16-3)17-4/h7-10,14H,5-6,11H2,1-4H3. The van der Waals surface area contributed by atoms with Gasteiger partial charge >= 0.3 is 7.60 Å². The Hall–Kier alpha value is -0.710. The average molecular weight is 302 g/mol. The summed E-state index contributed by atoms with van der Waals surface area (Å²) in [5.74, 6) is 0. The van der Waals surface area contributed by atoms with Gasteiger partial charge in [0.15, 0.2) is 6.29 Å². The third-order valence-electron chi connectivity index (χ3n) is 2.75. The van der Waals surface area contributed by atoms with E-state index in [0.717, 1.165) is 11.1 Å². The molecule has 114 valence electrons. The summed E-state index contributed by atoms with van der Waals surface area (Å²) in [7, 11) is -0.00975. The van der Waals surface area contributed by atoms with Gasteiger partial charge in [0.1, 0.15) is 0 Å². The smallest absolute Gasteiger partial charge is 0.335 e. The second-order valence-electron chi connectivity index (χ2n) is 4.11. The lowest BCUT2D eigenvalue weighted by Crippen LogP contribution is -2.08. The van der Waals surface area contributed by atoms with Gasteiger partial charge < -0.3 is 18.5 Å². The summed E-state index contributed by atoms with van der Waals surface area (Å²) in [4.78, 5) is 0. The third-order valence-corrected chi connectivity index (χ3v) is 4.78. The molecule has 0 saturated carbocycles. The molecule has 5 nitrogen and oxygen atoms in total. The van der Waals surface area contributed by atoms with Crippen molar-refractivity contribution >= 4 is 7.60 Å². The highest BCUT2D eigenvalue weighted by Crippen LogP contribution is 2.52. The molecule has 0 aromatic heterocycles. The average Bonchev–Trinajstić information content (AvgIpc) is 2.42. The van der Waals surface area contributed by atoms with Crippen molar-refractivity contribution < 1.29 is 23.1 Å². The van der Waals surface area contributed by atoms with Gasteiger partial charge in [-0.25, -0.2) is 0 Å². The lowest BCUT2D eigenvalue weighted by Gasteiger charge is -2.21. The Morgan fingerprint density at radius 3 is 2.10 bits per heavy atom. The molecular formula is C14H23O5P. The summed E-state index contributed by atoms with van der Waals surface area (Å²) < 4.78 is 33.8. The molecule has 0 fully saturated rings. The second-order valence-corrected chi connectivity index (χ2v) is 6.16. The second kappa shape index (κ2) is 8.55. The number of hydrogen-bond donors (Lipinski definition) is 0. The molecule has 0 bridgehead atoms. The molecule has 0 aliphatic heterocycles. The number of rotatable bonds is 9. The maximum absolute atomic E-state index is 12.6. The van der Waals surface area contributed by atoms with Crippen molar-refractivity contribution in [1.29, 1.82) is 0 Å². The van der Waals surface area contributed by atoms with E-state index in [4.69, 9.17) is 18.5 Å². The number of methoxy groups -OCH3 is 2. The van der Waals surface area contributed by atoms with E-state index in [-0.39, 0.29) is 6.16 Å². The molecule has 0 amide bonds. The van der Waals surface area contributed by atoms with Crippen molar-refractivity contribution in [3.8, 4) is 0 Å². The number of hydrogen-bond acceptors (Lipinski definition) is 5. The highest BCUT2D eigenvalue weighted by molar-refractivity contribution is 7.53. The van der Waals surface area contributed by atoms with Crippen LogP contribution in [-0.2, 0) is 29.2 Å². The van der Waals surface area contributed by atoms with Gasteiger partial charge in [-0.05, 0) is 19.4 Å².